The standard InChI is InChI=1S/C14H17N3O/c1-10(2)8-17-14(13(9-18)15-16-17)12-7-5-4-6-11(12)3/h4-7,18H,1,8-9H2,2-3H3. The van der Waals surface area contributed by atoms with Crippen molar-refractivity contribution < 1.29 is 5.11 Å². The van der Waals surface area contributed by atoms with E-state index < -0.39 is 0 Å². The van der Waals surface area contributed by atoms with Crippen molar-refractivity contribution in [2.45, 2.75) is 27.0 Å². The smallest absolute Gasteiger partial charge is 0.116 e. The molecule has 0 saturated heterocycles. The second kappa shape index (κ2) is 5.14. The summed E-state index contributed by atoms with van der Waals surface area (Å²) in [5, 5.41) is 17.5. The zero-order valence-corrected chi connectivity index (χ0v) is 10.7. The summed E-state index contributed by atoms with van der Waals surface area (Å²) < 4.78 is 1.79. The lowest BCUT2D eigenvalue weighted by atomic mass is 10.0. The van der Waals surface area contributed by atoms with Crippen LogP contribution in [-0.4, -0.2) is 20.1 Å². The average molecular weight is 243 g/mol. The maximum atomic E-state index is 9.38. The number of aliphatic hydroxyl groups is 1. The highest BCUT2D eigenvalue weighted by Crippen LogP contribution is 2.26. The molecule has 1 aromatic carbocycles. The van der Waals surface area contributed by atoms with Crippen LogP contribution in [0.2, 0.25) is 0 Å². The fraction of sp³-hybridized carbons (Fsp3) is 0.286. The Hall–Kier alpha value is -1.94. The normalized spacial score (nSPS) is 10.6. The molecule has 2 aromatic rings. The molecule has 0 aliphatic rings. The van der Waals surface area contributed by atoms with Crippen molar-refractivity contribution in [1.82, 2.24) is 15.0 Å². The molecular formula is C14H17N3O. The van der Waals surface area contributed by atoms with Gasteiger partial charge in [-0.3, -0.25) is 0 Å². The molecule has 0 saturated carbocycles. The third-order valence-electron chi connectivity index (χ3n) is 2.77. The Balaban J connectivity index is 2.57. The largest absolute Gasteiger partial charge is 0.390 e. The number of allylic oxidation sites excluding steroid dienone is 1. The van der Waals surface area contributed by atoms with E-state index in [2.05, 4.69) is 16.9 Å². The van der Waals surface area contributed by atoms with Crippen LogP contribution in [-0.2, 0) is 13.2 Å². The molecule has 0 aliphatic carbocycles. The molecule has 0 aliphatic heterocycles. The summed E-state index contributed by atoms with van der Waals surface area (Å²) in [7, 11) is 0. The minimum Gasteiger partial charge on any atom is -0.390 e. The molecule has 2 rings (SSSR count). The molecule has 18 heavy (non-hydrogen) atoms. The zero-order chi connectivity index (χ0) is 13.1. The summed E-state index contributed by atoms with van der Waals surface area (Å²) in [4.78, 5) is 0. The van der Waals surface area contributed by atoms with Gasteiger partial charge in [0.25, 0.3) is 0 Å². The van der Waals surface area contributed by atoms with Crippen molar-refractivity contribution in [2.24, 2.45) is 0 Å². The first-order chi connectivity index (χ1) is 8.63. The lowest BCUT2D eigenvalue weighted by Crippen LogP contribution is -2.04. The van der Waals surface area contributed by atoms with E-state index in [0.717, 1.165) is 22.4 Å². The molecule has 0 unspecified atom stereocenters. The van der Waals surface area contributed by atoms with Crippen LogP contribution in [0.25, 0.3) is 11.3 Å². The number of rotatable bonds is 4. The van der Waals surface area contributed by atoms with Gasteiger partial charge < -0.3 is 5.11 Å². The average Bonchev–Trinajstić information content (AvgIpc) is 2.72. The summed E-state index contributed by atoms with van der Waals surface area (Å²) in [5.41, 5.74) is 4.66. The lowest BCUT2D eigenvalue weighted by molar-refractivity contribution is 0.277. The van der Waals surface area contributed by atoms with E-state index >= 15 is 0 Å². The molecule has 0 radical (unpaired) electrons. The number of hydrogen-bond donors (Lipinski definition) is 1. The van der Waals surface area contributed by atoms with E-state index in [0.29, 0.717) is 12.2 Å². The quantitative estimate of drug-likeness (QED) is 0.838. The summed E-state index contributed by atoms with van der Waals surface area (Å²) >= 11 is 0. The molecule has 1 N–H and O–H groups in total. The Labute approximate surface area is 107 Å². The van der Waals surface area contributed by atoms with Gasteiger partial charge in [-0.15, -0.1) is 5.10 Å². The Bertz CT molecular complexity index is 572. The molecule has 0 atom stereocenters. The van der Waals surface area contributed by atoms with Crippen LogP contribution in [0.4, 0.5) is 0 Å². The van der Waals surface area contributed by atoms with Gasteiger partial charge in [-0.2, -0.15) is 0 Å². The SMILES string of the molecule is C=C(C)Cn1nnc(CO)c1-c1ccccc1C. The summed E-state index contributed by atoms with van der Waals surface area (Å²) in [5.74, 6) is 0. The van der Waals surface area contributed by atoms with Gasteiger partial charge in [-0.05, 0) is 19.4 Å². The monoisotopic (exact) mass is 243 g/mol. The summed E-state index contributed by atoms with van der Waals surface area (Å²) in [6.45, 7) is 8.37. The fourth-order valence-corrected chi connectivity index (χ4v) is 1.95. The van der Waals surface area contributed by atoms with E-state index in [-0.39, 0.29) is 6.61 Å². The molecule has 0 fully saturated rings. The zero-order valence-electron chi connectivity index (χ0n) is 10.7. The molecule has 4 heteroatoms. The van der Waals surface area contributed by atoms with Gasteiger partial charge in [0.05, 0.1) is 18.8 Å². The van der Waals surface area contributed by atoms with Gasteiger partial charge in [0.15, 0.2) is 0 Å². The van der Waals surface area contributed by atoms with Crippen LogP contribution >= 0.6 is 0 Å². The summed E-state index contributed by atoms with van der Waals surface area (Å²) in [6.07, 6.45) is 0. The van der Waals surface area contributed by atoms with Crippen LogP contribution < -0.4 is 0 Å². The number of aromatic nitrogens is 3. The van der Waals surface area contributed by atoms with E-state index in [9.17, 15) is 5.11 Å². The van der Waals surface area contributed by atoms with Crippen molar-refractivity contribution in [3.8, 4) is 11.3 Å². The molecule has 1 heterocycles. The first-order valence-corrected chi connectivity index (χ1v) is 5.87. The van der Waals surface area contributed by atoms with Crippen molar-refractivity contribution in [1.29, 1.82) is 0 Å². The molecular weight excluding hydrogens is 226 g/mol. The first-order valence-electron chi connectivity index (χ1n) is 5.87. The second-order valence-electron chi connectivity index (χ2n) is 4.47. The van der Waals surface area contributed by atoms with E-state index in [1.165, 1.54) is 0 Å². The number of aryl methyl sites for hydroxylation is 1. The van der Waals surface area contributed by atoms with Crippen LogP contribution in [0.1, 0.15) is 18.2 Å². The maximum Gasteiger partial charge on any atom is 0.116 e. The van der Waals surface area contributed by atoms with Crippen molar-refractivity contribution >= 4 is 0 Å². The number of hydrogen-bond acceptors (Lipinski definition) is 3. The van der Waals surface area contributed by atoms with Crippen LogP contribution in [0.15, 0.2) is 36.4 Å². The van der Waals surface area contributed by atoms with Gasteiger partial charge in [0.1, 0.15) is 5.69 Å². The Morgan fingerprint density at radius 3 is 2.72 bits per heavy atom. The predicted octanol–water partition coefficient (Wildman–Crippen LogP) is 2.32. The predicted molar refractivity (Wildman–Crippen MR) is 70.9 cm³/mol. The van der Waals surface area contributed by atoms with Gasteiger partial charge in [-0.1, -0.05) is 41.6 Å². The first kappa shape index (κ1) is 12.5. The molecule has 0 spiro atoms. The van der Waals surface area contributed by atoms with Gasteiger partial charge in [-0.25, -0.2) is 4.68 Å². The fourth-order valence-electron chi connectivity index (χ4n) is 1.95. The van der Waals surface area contributed by atoms with Gasteiger partial charge in [0, 0.05) is 5.56 Å². The number of nitrogens with zero attached hydrogens (tertiary/aromatic N) is 3. The van der Waals surface area contributed by atoms with E-state index in [4.69, 9.17) is 0 Å². The topological polar surface area (TPSA) is 50.9 Å². The highest BCUT2D eigenvalue weighted by Gasteiger charge is 2.15. The molecule has 0 amide bonds. The highest BCUT2D eigenvalue weighted by molar-refractivity contribution is 5.65. The number of aliphatic hydroxyl groups excluding tert-OH is 1. The van der Waals surface area contributed by atoms with Gasteiger partial charge >= 0.3 is 0 Å². The summed E-state index contributed by atoms with van der Waals surface area (Å²) in [6, 6.07) is 8.02. The molecule has 0 bridgehead atoms. The molecule has 94 valence electrons. The van der Waals surface area contributed by atoms with Gasteiger partial charge in [0.2, 0.25) is 0 Å². The maximum absolute atomic E-state index is 9.38. The van der Waals surface area contributed by atoms with Crippen molar-refractivity contribution in [3.05, 3.63) is 47.7 Å². The minimum absolute atomic E-state index is 0.111. The minimum atomic E-state index is -0.111. The Morgan fingerprint density at radius 2 is 2.11 bits per heavy atom. The van der Waals surface area contributed by atoms with Crippen molar-refractivity contribution in [2.75, 3.05) is 0 Å². The second-order valence-corrected chi connectivity index (χ2v) is 4.47. The molecule has 1 aromatic heterocycles. The van der Waals surface area contributed by atoms with Crippen molar-refractivity contribution in [3.63, 3.8) is 0 Å². The van der Waals surface area contributed by atoms with E-state index in [1.807, 2.05) is 38.1 Å². The Morgan fingerprint density at radius 1 is 1.39 bits per heavy atom. The number of benzene rings is 1. The Kier molecular flexibility index (Phi) is 3.58. The lowest BCUT2D eigenvalue weighted by Gasteiger charge is -2.10. The third kappa shape index (κ3) is 2.33. The van der Waals surface area contributed by atoms with Crippen LogP contribution in [0.5, 0.6) is 0 Å². The van der Waals surface area contributed by atoms with Crippen LogP contribution in [0, 0.1) is 6.92 Å². The highest BCUT2D eigenvalue weighted by atomic mass is 16.3. The third-order valence-corrected chi connectivity index (χ3v) is 2.77. The van der Waals surface area contributed by atoms with Crippen LogP contribution in [0.3, 0.4) is 0 Å². The molecule has 4 nitrogen and oxygen atoms in total. The van der Waals surface area contributed by atoms with E-state index in [1.54, 1.807) is 4.68 Å².